The molecule has 1 aliphatic heterocycles. The number of benzene rings is 2. The van der Waals surface area contributed by atoms with Crippen LogP contribution < -0.4 is 10.1 Å². The molecule has 236 valence electrons. The van der Waals surface area contributed by atoms with Crippen LogP contribution in [-0.4, -0.2) is 77.3 Å². The van der Waals surface area contributed by atoms with Crippen molar-refractivity contribution in [3.8, 4) is 27.6 Å². The molecule has 1 saturated heterocycles. The second-order valence-electron chi connectivity index (χ2n) is 11.5. The van der Waals surface area contributed by atoms with Crippen LogP contribution in [0.25, 0.3) is 21.8 Å². The molecule has 0 radical (unpaired) electrons. The van der Waals surface area contributed by atoms with E-state index in [2.05, 4.69) is 34.5 Å². The maximum absolute atomic E-state index is 12.9. The molecular weight excluding hydrogens is 627 g/mol. The van der Waals surface area contributed by atoms with Gasteiger partial charge in [0, 0.05) is 49.2 Å². The van der Waals surface area contributed by atoms with Gasteiger partial charge in [0.05, 0.1) is 14.8 Å². The number of thioether (sulfide) groups is 1. The van der Waals surface area contributed by atoms with Gasteiger partial charge in [-0.15, -0.1) is 34.4 Å². The Hall–Kier alpha value is -3.71. The Morgan fingerprint density at radius 2 is 1.80 bits per heavy atom. The first-order valence-corrected chi connectivity index (χ1v) is 17.5. The minimum Gasteiger partial charge on any atom is -0.484 e. The van der Waals surface area contributed by atoms with Crippen LogP contribution in [0.2, 0.25) is 0 Å². The molecule has 0 aliphatic carbocycles. The monoisotopic (exact) mass is 663 g/mol. The van der Waals surface area contributed by atoms with E-state index in [0.717, 1.165) is 45.7 Å². The summed E-state index contributed by atoms with van der Waals surface area (Å²) in [6, 6.07) is 19.9. The summed E-state index contributed by atoms with van der Waals surface area (Å²) in [5.41, 5.74) is 3.23. The van der Waals surface area contributed by atoms with Gasteiger partial charge < -0.3 is 14.4 Å². The molecule has 5 rings (SSSR count). The number of amides is 2. The Morgan fingerprint density at radius 1 is 1.04 bits per heavy atom. The number of alkyl carbamates (subject to hydrolysis) is 1. The van der Waals surface area contributed by atoms with Crippen molar-refractivity contribution >= 4 is 52.3 Å². The Kier molecular flexibility index (Phi) is 10.6. The van der Waals surface area contributed by atoms with Crippen LogP contribution in [0.4, 0.5) is 4.79 Å². The Morgan fingerprint density at radius 3 is 2.51 bits per heavy atom. The molecule has 3 heterocycles. The second-order valence-corrected chi connectivity index (χ2v) is 14.5. The number of nitrogens with zero attached hydrogens (tertiary/aromatic N) is 3. The first-order valence-electron chi connectivity index (χ1n) is 14.6. The second kappa shape index (κ2) is 14.6. The lowest BCUT2D eigenvalue weighted by Crippen LogP contribution is -2.49. The Labute approximate surface area is 276 Å². The predicted octanol–water partition coefficient (Wildman–Crippen LogP) is 6.83. The highest BCUT2D eigenvalue weighted by Gasteiger charge is 2.23. The van der Waals surface area contributed by atoms with E-state index in [9.17, 15) is 9.59 Å². The van der Waals surface area contributed by atoms with Crippen molar-refractivity contribution < 1.29 is 19.1 Å². The average molecular weight is 664 g/mol. The SMILES string of the molecule is CSc1sc(C(=N)NC(=O)OC(C)(C)C)cc1-c1nc(-c2cccc(OCC(=O)N3CCN(Cc4ccccc4)CC3)c2)cs1. The van der Waals surface area contributed by atoms with Crippen LogP contribution in [-0.2, 0) is 16.1 Å². The summed E-state index contributed by atoms with van der Waals surface area (Å²) in [7, 11) is 0. The third kappa shape index (κ3) is 8.94. The number of aromatic nitrogens is 1. The van der Waals surface area contributed by atoms with Crippen LogP contribution in [0.1, 0.15) is 31.2 Å². The van der Waals surface area contributed by atoms with Crippen molar-refractivity contribution in [2.45, 2.75) is 37.1 Å². The lowest BCUT2D eigenvalue weighted by molar-refractivity contribution is -0.135. The molecule has 4 aromatic rings. The van der Waals surface area contributed by atoms with Gasteiger partial charge in [-0.25, -0.2) is 9.78 Å². The number of ether oxygens (including phenoxy) is 2. The zero-order valence-electron chi connectivity index (χ0n) is 25.8. The van der Waals surface area contributed by atoms with Crippen molar-refractivity contribution in [2.75, 3.05) is 39.0 Å². The number of carbonyl (C=O) groups is 2. The van der Waals surface area contributed by atoms with Crippen molar-refractivity contribution in [2.24, 2.45) is 0 Å². The number of thiazole rings is 1. The molecule has 45 heavy (non-hydrogen) atoms. The largest absolute Gasteiger partial charge is 0.484 e. The van der Waals surface area contributed by atoms with E-state index < -0.39 is 11.7 Å². The molecule has 2 amide bonds. The lowest BCUT2D eigenvalue weighted by atomic mass is 10.1. The van der Waals surface area contributed by atoms with E-state index in [-0.39, 0.29) is 18.3 Å². The van der Waals surface area contributed by atoms with Crippen molar-refractivity contribution in [1.82, 2.24) is 20.1 Å². The fourth-order valence-electron chi connectivity index (χ4n) is 4.77. The van der Waals surface area contributed by atoms with Crippen LogP contribution in [0.15, 0.2) is 70.3 Å². The van der Waals surface area contributed by atoms with Gasteiger partial charge in [-0.1, -0.05) is 42.5 Å². The van der Waals surface area contributed by atoms with Gasteiger partial charge in [0.25, 0.3) is 5.91 Å². The van der Waals surface area contributed by atoms with E-state index >= 15 is 0 Å². The summed E-state index contributed by atoms with van der Waals surface area (Å²) in [5.74, 6) is 0.587. The van der Waals surface area contributed by atoms with Crippen LogP contribution in [0, 0.1) is 5.41 Å². The predicted molar refractivity (Wildman–Crippen MR) is 183 cm³/mol. The molecule has 0 spiro atoms. The molecule has 0 atom stereocenters. The number of thiophene rings is 1. The van der Waals surface area contributed by atoms with E-state index in [1.165, 1.54) is 28.2 Å². The first kappa shape index (κ1) is 32.7. The third-order valence-corrected chi connectivity index (χ3v) is 10.1. The van der Waals surface area contributed by atoms with E-state index in [1.807, 2.05) is 52.9 Å². The lowest BCUT2D eigenvalue weighted by Gasteiger charge is -2.34. The molecule has 2 aromatic carbocycles. The quantitative estimate of drug-likeness (QED) is 0.115. The number of piperazine rings is 1. The van der Waals surface area contributed by atoms with Crippen molar-refractivity contribution in [3.63, 3.8) is 0 Å². The van der Waals surface area contributed by atoms with Gasteiger partial charge >= 0.3 is 6.09 Å². The highest BCUT2D eigenvalue weighted by atomic mass is 32.2. The highest BCUT2D eigenvalue weighted by molar-refractivity contribution is 8.00. The van der Waals surface area contributed by atoms with Gasteiger partial charge in [-0.3, -0.25) is 20.4 Å². The molecular formula is C33H37N5O4S3. The Bertz CT molecular complexity index is 1640. The smallest absolute Gasteiger partial charge is 0.413 e. The van der Waals surface area contributed by atoms with Crippen LogP contribution >= 0.6 is 34.4 Å². The molecule has 2 N–H and O–H groups in total. The minimum absolute atomic E-state index is 0.0114. The maximum Gasteiger partial charge on any atom is 0.413 e. The average Bonchev–Trinajstić information content (AvgIpc) is 3.68. The number of hydrogen-bond acceptors (Lipinski definition) is 10. The third-order valence-electron chi connectivity index (χ3n) is 6.96. The molecule has 1 aliphatic rings. The fraction of sp³-hybridized carbons (Fsp3) is 0.333. The van der Waals surface area contributed by atoms with Crippen molar-refractivity contribution in [3.05, 3.63) is 76.5 Å². The van der Waals surface area contributed by atoms with Crippen LogP contribution in [0.3, 0.4) is 0 Å². The Balaban J connectivity index is 1.17. The number of rotatable bonds is 9. The van der Waals surface area contributed by atoms with Gasteiger partial charge in [-0.2, -0.15) is 0 Å². The fourth-order valence-corrected chi connectivity index (χ4v) is 7.53. The van der Waals surface area contributed by atoms with Crippen molar-refractivity contribution in [1.29, 1.82) is 5.41 Å². The summed E-state index contributed by atoms with van der Waals surface area (Å²) in [6.45, 7) is 9.29. The maximum atomic E-state index is 12.9. The van der Waals surface area contributed by atoms with E-state index in [0.29, 0.717) is 23.7 Å². The number of nitrogens with one attached hydrogen (secondary N) is 2. The standard InChI is InChI=1S/C33H37N5O4S3/c1-33(2,3)42-32(40)36-29(34)27-18-25(31(43-4)45-27)30-35-26(21-44-30)23-11-8-12-24(17-23)41-20-28(39)38-15-13-37(14-16-38)19-22-9-6-5-7-10-22/h5-12,17-18,21H,13-16,19-20H2,1-4H3,(H2,34,36,40). The topological polar surface area (TPSA) is 108 Å². The zero-order valence-corrected chi connectivity index (χ0v) is 28.2. The minimum atomic E-state index is -0.658. The summed E-state index contributed by atoms with van der Waals surface area (Å²) in [6.07, 6.45) is 1.32. The molecule has 1 fully saturated rings. The first-order chi connectivity index (χ1) is 21.6. The van der Waals surface area contributed by atoms with Gasteiger partial charge in [-0.05, 0) is 50.8 Å². The zero-order chi connectivity index (χ0) is 32.0. The summed E-state index contributed by atoms with van der Waals surface area (Å²) in [5, 5.41) is 13.7. The summed E-state index contributed by atoms with van der Waals surface area (Å²) < 4.78 is 12.2. The summed E-state index contributed by atoms with van der Waals surface area (Å²) >= 11 is 4.51. The number of amidine groups is 1. The number of hydrogen-bond donors (Lipinski definition) is 2. The normalized spacial score (nSPS) is 13.8. The van der Waals surface area contributed by atoms with Crippen LogP contribution in [0.5, 0.6) is 5.75 Å². The van der Waals surface area contributed by atoms with Gasteiger partial charge in [0.15, 0.2) is 6.61 Å². The molecule has 9 nitrogen and oxygen atoms in total. The molecule has 2 aromatic heterocycles. The molecule has 0 bridgehead atoms. The van der Waals surface area contributed by atoms with Gasteiger partial charge in [0.2, 0.25) is 0 Å². The number of carbonyl (C=O) groups excluding carboxylic acids is 2. The molecule has 0 saturated carbocycles. The van der Waals surface area contributed by atoms with E-state index in [1.54, 1.807) is 32.5 Å². The van der Waals surface area contributed by atoms with Gasteiger partial charge in [0.1, 0.15) is 22.2 Å². The van der Waals surface area contributed by atoms with E-state index in [4.69, 9.17) is 19.9 Å². The molecule has 0 unspecified atom stereocenters. The highest BCUT2D eigenvalue weighted by Crippen LogP contribution is 2.40. The molecule has 12 heteroatoms. The summed E-state index contributed by atoms with van der Waals surface area (Å²) in [4.78, 5) is 34.8.